The topological polar surface area (TPSA) is 75.4 Å². The Morgan fingerprint density at radius 1 is 1.29 bits per heavy atom. The molecule has 1 aromatic carbocycles. The number of hydrogen-bond acceptors (Lipinski definition) is 3. The third-order valence-corrected chi connectivity index (χ3v) is 4.54. The van der Waals surface area contributed by atoms with Crippen molar-refractivity contribution < 1.29 is 14.7 Å². The van der Waals surface area contributed by atoms with E-state index in [0.29, 0.717) is 24.1 Å². The van der Waals surface area contributed by atoms with Crippen LogP contribution < -0.4 is 0 Å². The molecule has 1 unspecified atom stereocenters. The minimum atomic E-state index is -1.01. The molecule has 0 saturated heterocycles. The van der Waals surface area contributed by atoms with E-state index in [-0.39, 0.29) is 11.9 Å². The Morgan fingerprint density at radius 3 is 2.62 bits per heavy atom. The van der Waals surface area contributed by atoms with Gasteiger partial charge in [-0.25, -0.2) is 4.79 Å². The summed E-state index contributed by atoms with van der Waals surface area (Å²) in [5.74, 6) is -1.29. The number of aromatic nitrogens is 2. The number of carboxylic acid groups (broad SMARTS) is 1. The van der Waals surface area contributed by atoms with Crippen LogP contribution in [-0.4, -0.2) is 38.2 Å². The van der Waals surface area contributed by atoms with E-state index in [4.69, 9.17) is 0 Å². The van der Waals surface area contributed by atoms with E-state index in [9.17, 15) is 14.7 Å². The standard InChI is InChI=1S/C18H21N3O3/c1-11(2)21-12(3)15(10-19-21)17(22)20-9-8-13-6-4-5-7-14(13)16(20)18(23)24/h4-7,10-11,16H,8-9H2,1-3H3,(H,23,24). The highest BCUT2D eigenvalue weighted by molar-refractivity contribution is 5.98. The van der Waals surface area contributed by atoms with Gasteiger partial charge in [-0.1, -0.05) is 24.3 Å². The second kappa shape index (κ2) is 6.11. The van der Waals surface area contributed by atoms with E-state index < -0.39 is 12.0 Å². The second-order valence-corrected chi connectivity index (χ2v) is 6.37. The van der Waals surface area contributed by atoms with Crippen molar-refractivity contribution >= 4 is 11.9 Å². The van der Waals surface area contributed by atoms with Gasteiger partial charge in [0.15, 0.2) is 6.04 Å². The van der Waals surface area contributed by atoms with Gasteiger partial charge in [0.25, 0.3) is 5.91 Å². The normalized spacial score (nSPS) is 17.0. The number of benzene rings is 1. The molecule has 1 amide bonds. The summed E-state index contributed by atoms with van der Waals surface area (Å²) >= 11 is 0. The van der Waals surface area contributed by atoms with Gasteiger partial charge < -0.3 is 10.0 Å². The molecule has 126 valence electrons. The minimum Gasteiger partial charge on any atom is -0.479 e. The molecule has 3 rings (SSSR count). The first kappa shape index (κ1) is 16.2. The van der Waals surface area contributed by atoms with Crippen LogP contribution in [0.2, 0.25) is 0 Å². The van der Waals surface area contributed by atoms with Crippen molar-refractivity contribution in [1.29, 1.82) is 0 Å². The third kappa shape index (κ3) is 2.58. The van der Waals surface area contributed by atoms with E-state index in [2.05, 4.69) is 5.10 Å². The molecule has 0 aliphatic carbocycles. The lowest BCUT2D eigenvalue weighted by Crippen LogP contribution is -2.43. The summed E-state index contributed by atoms with van der Waals surface area (Å²) in [4.78, 5) is 26.3. The number of hydrogen-bond donors (Lipinski definition) is 1. The molecule has 1 aromatic heterocycles. The number of nitrogens with zero attached hydrogens (tertiary/aromatic N) is 3. The van der Waals surface area contributed by atoms with Gasteiger partial charge in [-0.05, 0) is 38.3 Å². The highest BCUT2D eigenvalue weighted by atomic mass is 16.4. The van der Waals surface area contributed by atoms with Gasteiger partial charge in [0.1, 0.15) is 0 Å². The van der Waals surface area contributed by atoms with Crippen LogP contribution in [0.15, 0.2) is 30.5 Å². The maximum absolute atomic E-state index is 13.0. The predicted molar refractivity (Wildman–Crippen MR) is 88.9 cm³/mol. The Balaban J connectivity index is 2.00. The summed E-state index contributed by atoms with van der Waals surface area (Å²) < 4.78 is 1.78. The third-order valence-electron chi connectivity index (χ3n) is 4.54. The number of aliphatic carboxylic acids is 1. The molecule has 0 saturated carbocycles. The van der Waals surface area contributed by atoms with Gasteiger partial charge in [0.05, 0.1) is 11.8 Å². The number of rotatable bonds is 3. The SMILES string of the molecule is Cc1c(C(=O)N2CCc3ccccc3C2C(=O)O)cnn1C(C)C. The van der Waals surface area contributed by atoms with Gasteiger partial charge in [-0.2, -0.15) is 5.10 Å². The molecule has 0 fully saturated rings. The quantitative estimate of drug-likeness (QED) is 0.940. The average molecular weight is 327 g/mol. The molecule has 24 heavy (non-hydrogen) atoms. The fourth-order valence-corrected chi connectivity index (χ4v) is 3.36. The maximum Gasteiger partial charge on any atom is 0.331 e. The van der Waals surface area contributed by atoms with Gasteiger partial charge in [-0.3, -0.25) is 9.48 Å². The molecule has 1 aliphatic heterocycles. The smallest absolute Gasteiger partial charge is 0.331 e. The van der Waals surface area contributed by atoms with Gasteiger partial charge in [0.2, 0.25) is 0 Å². The van der Waals surface area contributed by atoms with E-state index in [0.717, 1.165) is 11.3 Å². The zero-order valence-electron chi connectivity index (χ0n) is 14.1. The molecule has 0 spiro atoms. The molecular formula is C18H21N3O3. The first-order chi connectivity index (χ1) is 11.4. The van der Waals surface area contributed by atoms with Crippen LogP contribution in [0.5, 0.6) is 0 Å². The number of carboxylic acids is 1. The Morgan fingerprint density at radius 2 is 2.00 bits per heavy atom. The molecule has 0 radical (unpaired) electrons. The van der Waals surface area contributed by atoms with Crippen LogP contribution in [0.25, 0.3) is 0 Å². The van der Waals surface area contributed by atoms with Crippen molar-refractivity contribution in [2.24, 2.45) is 0 Å². The average Bonchev–Trinajstić information content (AvgIpc) is 2.94. The molecule has 1 aliphatic rings. The molecule has 6 heteroatoms. The van der Waals surface area contributed by atoms with E-state index in [1.807, 2.05) is 39.0 Å². The summed E-state index contributed by atoms with van der Waals surface area (Å²) in [7, 11) is 0. The number of carbonyl (C=O) groups is 2. The van der Waals surface area contributed by atoms with Crippen LogP contribution in [0.4, 0.5) is 0 Å². The second-order valence-electron chi connectivity index (χ2n) is 6.37. The van der Waals surface area contributed by atoms with E-state index in [1.54, 1.807) is 10.7 Å². The van der Waals surface area contributed by atoms with Crippen molar-refractivity contribution in [2.45, 2.75) is 39.3 Å². The molecule has 2 heterocycles. The zero-order valence-corrected chi connectivity index (χ0v) is 14.1. The van der Waals surface area contributed by atoms with Gasteiger partial charge in [0, 0.05) is 18.3 Å². The van der Waals surface area contributed by atoms with Crippen molar-refractivity contribution in [1.82, 2.24) is 14.7 Å². The van der Waals surface area contributed by atoms with Crippen LogP contribution in [0, 0.1) is 6.92 Å². The van der Waals surface area contributed by atoms with Crippen molar-refractivity contribution in [3.63, 3.8) is 0 Å². The lowest BCUT2D eigenvalue weighted by molar-refractivity contribution is -0.143. The summed E-state index contributed by atoms with van der Waals surface area (Å²) in [6.07, 6.45) is 2.19. The molecule has 6 nitrogen and oxygen atoms in total. The Hall–Kier alpha value is -2.63. The lowest BCUT2D eigenvalue weighted by Gasteiger charge is -2.34. The lowest BCUT2D eigenvalue weighted by atomic mass is 9.92. The summed E-state index contributed by atoms with van der Waals surface area (Å²) in [5, 5.41) is 14.0. The minimum absolute atomic E-state index is 0.143. The van der Waals surface area contributed by atoms with Crippen molar-refractivity contribution in [3.05, 3.63) is 52.8 Å². The maximum atomic E-state index is 13.0. The highest BCUT2D eigenvalue weighted by Crippen LogP contribution is 2.31. The Labute approximate surface area is 140 Å². The van der Waals surface area contributed by atoms with E-state index in [1.165, 1.54) is 11.1 Å². The van der Waals surface area contributed by atoms with Crippen molar-refractivity contribution in [2.75, 3.05) is 6.54 Å². The van der Waals surface area contributed by atoms with Crippen molar-refractivity contribution in [3.8, 4) is 0 Å². The largest absolute Gasteiger partial charge is 0.479 e. The Kier molecular flexibility index (Phi) is 4.13. The van der Waals surface area contributed by atoms with Gasteiger partial charge in [-0.15, -0.1) is 0 Å². The van der Waals surface area contributed by atoms with E-state index >= 15 is 0 Å². The molecule has 1 atom stereocenters. The highest BCUT2D eigenvalue weighted by Gasteiger charge is 2.37. The van der Waals surface area contributed by atoms with Crippen LogP contribution in [0.3, 0.4) is 0 Å². The predicted octanol–water partition coefficient (Wildman–Crippen LogP) is 2.60. The summed E-state index contributed by atoms with van der Waals surface area (Å²) in [6.45, 7) is 6.21. The number of fused-ring (bicyclic) bond motifs is 1. The van der Waals surface area contributed by atoms with Crippen LogP contribution in [-0.2, 0) is 11.2 Å². The van der Waals surface area contributed by atoms with Crippen LogP contribution in [0.1, 0.15) is 53.1 Å². The number of amides is 1. The first-order valence-electron chi connectivity index (χ1n) is 8.07. The first-order valence-corrected chi connectivity index (χ1v) is 8.07. The fraction of sp³-hybridized carbons (Fsp3) is 0.389. The Bertz CT molecular complexity index is 795. The molecule has 1 N–H and O–H groups in total. The molecule has 0 bridgehead atoms. The molecule has 2 aromatic rings. The number of carbonyl (C=O) groups excluding carboxylic acids is 1. The summed E-state index contributed by atoms with van der Waals surface area (Å²) in [5.41, 5.74) is 2.91. The van der Waals surface area contributed by atoms with Crippen LogP contribution >= 0.6 is 0 Å². The monoisotopic (exact) mass is 327 g/mol. The van der Waals surface area contributed by atoms with Gasteiger partial charge >= 0.3 is 5.97 Å². The molecular weight excluding hydrogens is 306 g/mol. The zero-order chi connectivity index (χ0) is 17.4. The fourth-order valence-electron chi connectivity index (χ4n) is 3.36. The summed E-state index contributed by atoms with van der Waals surface area (Å²) in [6, 6.07) is 6.61.